The minimum atomic E-state index is -0.527. The Kier molecular flexibility index (Phi) is 5.44. The van der Waals surface area contributed by atoms with E-state index in [2.05, 4.69) is 20.8 Å². The summed E-state index contributed by atoms with van der Waals surface area (Å²) >= 11 is 0. The van der Waals surface area contributed by atoms with Crippen molar-refractivity contribution in [2.24, 2.45) is 11.1 Å². The third-order valence-electron chi connectivity index (χ3n) is 4.44. The minimum absolute atomic E-state index is 0.0442. The number of nitrogens with zero attached hydrogens (tertiary/aromatic N) is 4. The monoisotopic (exact) mass is 316 g/mol. The molecule has 0 aliphatic rings. The molecule has 0 bridgehead atoms. The van der Waals surface area contributed by atoms with E-state index >= 15 is 0 Å². The largest absolute Gasteiger partial charge is 0.329 e. The van der Waals surface area contributed by atoms with Crippen LogP contribution in [0.5, 0.6) is 0 Å². The number of nitrogens with two attached hydrogens (primary N) is 1. The predicted molar refractivity (Wildman–Crippen MR) is 89.6 cm³/mol. The van der Waals surface area contributed by atoms with Gasteiger partial charge in [-0.2, -0.15) is 0 Å². The zero-order valence-electron chi connectivity index (χ0n) is 13.9. The fourth-order valence-corrected chi connectivity index (χ4v) is 2.58. The van der Waals surface area contributed by atoms with Gasteiger partial charge in [0.15, 0.2) is 5.82 Å². The van der Waals surface area contributed by atoms with Gasteiger partial charge in [0.2, 0.25) is 5.91 Å². The number of aryl methyl sites for hydroxylation is 1. The van der Waals surface area contributed by atoms with E-state index in [-0.39, 0.29) is 5.91 Å². The summed E-state index contributed by atoms with van der Waals surface area (Å²) in [6.45, 7) is 6.97. The number of tetrazole rings is 1. The van der Waals surface area contributed by atoms with Gasteiger partial charge in [0, 0.05) is 24.3 Å². The maximum atomic E-state index is 12.6. The first-order chi connectivity index (χ1) is 11.1. The molecule has 1 heterocycles. The lowest BCUT2D eigenvalue weighted by Gasteiger charge is -2.28. The maximum Gasteiger partial charge on any atom is 0.231 e. The smallest absolute Gasteiger partial charge is 0.231 e. The normalized spacial score (nSPS) is 11.5. The van der Waals surface area contributed by atoms with E-state index in [1.807, 2.05) is 45.0 Å². The highest BCUT2D eigenvalue weighted by Crippen LogP contribution is 2.28. The van der Waals surface area contributed by atoms with Gasteiger partial charge in [-0.3, -0.25) is 4.79 Å². The van der Waals surface area contributed by atoms with Crippen molar-refractivity contribution in [3.8, 4) is 11.4 Å². The molecule has 0 saturated carbocycles. The molecular formula is C16H24N6O. The molecule has 0 saturated heterocycles. The Bertz CT molecular complexity index is 654. The van der Waals surface area contributed by atoms with E-state index in [4.69, 9.17) is 5.73 Å². The van der Waals surface area contributed by atoms with Crippen LogP contribution < -0.4 is 11.1 Å². The number of nitrogens with one attached hydrogen (secondary N) is 1. The van der Waals surface area contributed by atoms with Crippen molar-refractivity contribution in [3.05, 3.63) is 24.3 Å². The highest BCUT2D eigenvalue weighted by atomic mass is 16.2. The summed E-state index contributed by atoms with van der Waals surface area (Å²) in [6, 6.07) is 7.53. The molecule has 0 atom stereocenters. The highest BCUT2D eigenvalue weighted by Gasteiger charge is 2.33. The molecule has 23 heavy (non-hydrogen) atoms. The average molecular weight is 316 g/mol. The number of carbonyl (C=O) groups is 1. The molecule has 1 aromatic carbocycles. The topological polar surface area (TPSA) is 98.7 Å². The molecule has 7 nitrogen and oxygen atoms in total. The summed E-state index contributed by atoms with van der Waals surface area (Å²) in [5.41, 5.74) is 6.89. The third kappa shape index (κ3) is 3.39. The Balaban J connectivity index is 2.25. The molecule has 0 unspecified atom stereocenters. The van der Waals surface area contributed by atoms with Crippen molar-refractivity contribution in [1.82, 2.24) is 20.2 Å². The fourth-order valence-electron chi connectivity index (χ4n) is 2.58. The Labute approximate surface area is 136 Å². The van der Waals surface area contributed by atoms with Crippen LogP contribution in [0, 0.1) is 5.41 Å². The summed E-state index contributed by atoms with van der Waals surface area (Å²) in [5, 5.41) is 14.7. The van der Waals surface area contributed by atoms with Crippen molar-refractivity contribution in [2.45, 2.75) is 40.2 Å². The van der Waals surface area contributed by atoms with Gasteiger partial charge in [-0.05, 0) is 42.3 Å². The lowest BCUT2D eigenvalue weighted by atomic mass is 9.81. The second kappa shape index (κ2) is 7.32. The van der Waals surface area contributed by atoms with Crippen LogP contribution in [0.15, 0.2) is 24.3 Å². The second-order valence-corrected chi connectivity index (χ2v) is 5.54. The van der Waals surface area contributed by atoms with Gasteiger partial charge >= 0.3 is 0 Å². The molecule has 124 valence electrons. The first kappa shape index (κ1) is 17.1. The summed E-state index contributed by atoms with van der Waals surface area (Å²) in [5.74, 6) is 0.636. The number of aromatic nitrogens is 4. The lowest BCUT2D eigenvalue weighted by Crippen LogP contribution is -2.41. The number of hydrogen-bond donors (Lipinski definition) is 2. The van der Waals surface area contributed by atoms with Crippen molar-refractivity contribution in [3.63, 3.8) is 0 Å². The molecule has 1 aromatic heterocycles. The van der Waals surface area contributed by atoms with Gasteiger partial charge in [-0.15, -0.1) is 5.10 Å². The molecule has 0 fully saturated rings. The molecule has 3 N–H and O–H groups in total. The van der Waals surface area contributed by atoms with Crippen LogP contribution in [0.4, 0.5) is 5.69 Å². The molecule has 2 aromatic rings. The SMILES string of the molecule is CCn1nnnc1-c1cccc(NC(=O)C(CC)(CC)CN)c1. The Morgan fingerprint density at radius 3 is 2.65 bits per heavy atom. The van der Waals surface area contributed by atoms with Crippen LogP contribution in [0.25, 0.3) is 11.4 Å². The molecule has 0 aliphatic heterocycles. The van der Waals surface area contributed by atoms with E-state index < -0.39 is 5.41 Å². The summed E-state index contributed by atoms with van der Waals surface area (Å²) < 4.78 is 1.71. The van der Waals surface area contributed by atoms with E-state index in [0.29, 0.717) is 31.8 Å². The summed E-state index contributed by atoms with van der Waals surface area (Å²) in [6.07, 6.45) is 1.42. The molecule has 7 heteroatoms. The number of amides is 1. The van der Waals surface area contributed by atoms with Crippen molar-refractivity contribution < 1.29 is 4.79 Å². The number of anilines is 1. The lowest BCUT2D eigenvalue weighted by molar-refractivity contribution is -0.125. The van der Waals surface area contributed by atoms with Crippen LogP contribution in [0.3, 0.4) is 0 Å². The molecular weight excluding hydrogens is 292 g/mol. The molecule has 0 radical (unpaired) electrons. The standard InChI is InChI=1S/C16H24N6O/c1-4-16(5-2,11-17)15(23)18-13-9-7-8-12(10-13)14-19-20-21-22(14)6-3/h7-10H,4-6,11,17H2,1-3H3,(H,18,23). The Morgan fingerprint density at radius 2 is 2.04 bits per heavy atom. The Morgan fingerprint density at radius 1 is 1.30 bits per heavy atom. The molecule has 0 aliphatic carbocycles. The summed E-state index contributed by atoms with van der Waals surface area (Å²) in [4.78, 5) is 12.6. The van der Waals surface area contributed by atoms with Crippen LogP contribution in [0.1, 0.15) is 33.6 Å². The molecule has 1 amide bonds. The van der Waals surface area contributed by atoms with Crippen molar-refractivity contribution in [2.75, 3.05) is 11.9 Å². The molecule has 2 rings (SSSR count). The number of rotatable bonds is 7. The quantitative estimate of drug-likeness (QED) is 0.814. The average Bonchev–Trinajstić information content (AvgIpc) is 3.06. The number of benzene rings is 1. The number of hydrogen-bond acceptors (Lipinski definition) is 5. The van der Waals surface area contributed by atoms with Crippen LogP contribution in [-0.2, 0) is 11.3 Å². The van der Waals surface area contributed by atoms with Gasteiger partial charge in [0.1, 0.15) is 0 Å². The summed E-state index contributed by atoms with van der Waals surface area (Å²) in [7, 11) is 0. The predicted octanol–water partition coefficient (Wildman–Crippen LogP) is 2.06. The molecule has 0 spiro atoms. The van der Waals surface area contributed by atoms with E-state index in [1.165, 1.54) is 0 Å². The highest BCUT2D eigenvalue weighted by molar-refractivity contribution is 5.95. The first-order valence-electron chi connectivity index (χ1n) is 7.98. The van der Waals surface area contributed by atoms with Crippen LogP contribution in [-0.4, -0.2) is 32.7 Å². The zero-order valence-corrected chi connectivity index (χ0v) is 13.9. The van der Waals surface area contributed by atoms with E-state index in [9.17, 15) is 4.79 Å². The van der Waals surface area contributed by atoms with Gasteiger partial charge in [0.05, 0.1) is 5.41 Å². The second-order valence-electron chi connectivity index (χ2n) is 5.54. The van der Waals surface area contributed by atoms with Crippen molar-refractivity contribution in [1.29, 1.82) is 0 Å². The van der Waals surface area contributed by atoms with Gasteiger partial charge < -0.3 is 11.1 Å². The Hall–Kier alpha value is -2.28. The first-order valence-corrected chi connectivity index (χ1v) is 7.98. The fraction of sp³-hybridized carbons (Fsp3) is 0.500. The maximum absolute atomic E-state index is 12.6. The van der Waals surface area contributed by atoms with Crippen LogP contribution in [0.2, 0.25) is 0 Å². The number of carbonyl (C=O) groups excluding carboxylic acids is 1. The van der Waals surface area contributed by atoms with E-state index in [1.54, 1.807) is 4.68 Å². The van der Waals surface area contributed by atoms with Gasteiger partial charge in [-0.1, -0.05) is 26.0 Å². The minimum Gasteiger partial charge on any atom is -0.329 e. The third-order valence-corrected chi connectivity index (χ3v) is 4.44. The van der Waals surface area contributed by atoms with Crippen molar-refractivity contribution >= 4 is 11.6 Å². The van der Waals surface area contributed by atoms with Gasteiger partial charge in [0.25, 0.3) is 0 Å². The van der Waals surface area contributed by atoms with Crippen LogP contribution >= 0.6 is 0 Å². The van der Waals surface area contributed by atoms with E-state index in [0.717, 1.165) is 11.3 Å². The van der Waals surface area contributed by atoms with Gasteiger partial charge in [-0.25, -0.2) is 4.68 Å². The zero-order chi connectivity index (χ0) is 16.9.